The summed E-state index contributed by atoms with van der Waals surface area (Å²) in [7, 11) is 0. The second-order valence-electron chi connectivity index (χ2n) is 6.89. The molecule has 31 heavy (non-hydrogen) atoms. The fraction of sp³-hybridized carbons (Fsp3) is 0.130. The van der Waals surface area contributed by atoms with Gasteiger partial charge < -0.3 is 14.5 Å². The van der Waals surface area contributed by atoms with E-state index in [9.17, 15) is 18.0 Å². The molecule has 0 atom stereocenters. The van der Waals surface area contributed by atoms with Gasteiger partial charge >= 0.3 is 6.18 Å². The number of hydrogen-bond acceptors (Lipinski definition) is 3. The Bertz CT molecular complexity index is 1170. The first kappa shape index (κ1) is 20.5. The number of nitrogens with one attached hydrogen (secondary N) is 1. The Hall–Kier alpha value is -3.81. The van der Waals surface area contributed by atoms with Crippen molar-refractivity contribution >= 4 is 11.6 Å². The number of ether oxygens (including phenoxy) is 1. The minimum Gasteiger partial charge on any atom is -0.487 e. The van der Waals surface area contributed by atoms with Gasteiger partial charge in [-0.2, -0.15) is 13.2 Å². The lowest BCUT2D eigenvalue weighted by Crippen LogP contribution is -2.22. The molecule has 1 N–H and O–H groups in total. The monoisotopic (exact) mass is 425 g/mol. The average molecular weight is 425 g/mol. The van der Waals surface area contributed by atoms with E-state index in [0.29, 0.717) is 16.9 Å². The number of alkyl halides is 3. The van der Waals surface area contributed by atoms with Crippen molar-refractivity contribution in [2.75, 3.05) is 0 Å². The molecule has 4 rings (SSSR count). The van der Waals surface area contributed by atoms with Gasteiger partial charge in [-0.3, -0.25) is 4.79 Å². The largest absolute Gasteiger partial charge is 0.487 e. The molecule has 8 heteroatoms. The summed E-state index contributed by atoms with van der Waals surface area (Å²) >= 11 is 0. The summed E-state index contributed by atoms with van der Waals surface area (Å²) in [5.41, 5.74) is 1.80. The van der Waals surface area contributed by atoms with Crippen molar-refractivity contribution in [2.45, 2.75) is 19.3 Å². The van der Waals surface area contributed by atoms with Gasteiger partial charge in [0.05, 0.1) is 11.3 Å². The SMILES string of the molecule is O=C(NCc1ccc(C(F)(F)F)cc1)c1cccc(OCc2cn3ccccc3n2)c1. The summed E-state index contributed by atoms with van der Waals surface area (Å²) in [4.78, 5) is 16.9. The fourth-order valence-electron chi connectivity index (χ4n) is 3.04. The molecule has 0 spiro atoms. The number of amides is 1. The maximum absolute atomic E-state index is 12.6. The fourth-order valence-corrected chi connectivity index (χ4v) is 3.04. The van der Waals surface area contributed by atoms with Crippen LogP contribution in [0, 0.1) is 0 Å². The highest BCUT2D eigenvalue weighted by Crippen LogP contribution is 2.29. The predicted molar refractivity (Wildman–Crippen MR) is 109 cm³/mol. The number of nitrogens with zero attached hydrogens (tertiary/aromatic N) is 2. The summed E-state index contributed by atoms with van der Waals surface area (Å²) in [6.07, 6.45) is -0.616. The van der Waals surface area contributed by atoms with Gasteiger partial charge in [0.15, 0.2) is 0 Å². The zero-order valence-corrected chi connectivity index (χ0v) is 16.3. The van der Waals surface area contributed by atoms with Crippen molar-refractivity contribution < 1.29 is 22.7 Å². The van der Waals surface area contributed by atoms with Crippen LogP contribution in [0.15, 0.2) is 79.1 Å². The van der Waals surface area contributed by atoms with Gasteiger partial charge in [-0.15, -0.1) is 0 Å². The highest BCUT2D eigenvalue weighted by Gasteiger charge is 2.29. The Labute approximate surface area is 176 Å². The van der Waals surface area contributed by atoms with E-state index < -0.39 is 11.7 Å². The zero-order chi connectivity index (χ0) is 21.8. The number of benzene rings is 2. The molecular formula is C23H18F3N3O2. The number of halogens is 3. The molecule has 2 aromatic carbocycles. The third kappa shape index (κ3) is 5.03. The van der Waals surface area contributed by atoms with Crippen molar-refractivity contribution in [3.8, 4) is 5.75 Å². The van der Waals surface area contributed by atoms with Crippen molar-refractivity contribution in [2.24, 2.45) is 0 Å². The molecule has 0 unspecified atom stereocenters. The molecule has 5 nitrogen and oxygen atoms in total. The van der Waals surface area contributed by atoms with Crippen molar-refractivity contribution in [1.82, 2.24) is 14.7 Å². The van der Waals surface area contributed by atoms with Crippen LogP contribution in [0.1, 0.15) is 27.2 Å². The Kier molecular flexibility index (Phi) is 5.62. The van der Waals surface area contributed by atoms with E-state index in [1.165, 1.54) is 12.1 Å². The lowest BCUT2D eigenvalue weighted by Gasteiger charge is -2.10. The van der Waals surface area contributed by atoms with Gasteiger partial charge in [0, 0.05) is 24.5 Å². The first-order valence-electron chi connectivity index (χ1n) is 9.48. The average Bonchev–Trinajstić information content (AvgIpc) is 3.19. The summed E-state index contributed by atoms with van der Waals surface area (Å²) in [6.45, 7) is 0.363. The Balaban J connectivity index is 1.35. The molecule has 2 heterocycles. The van der Waals surface area contributed by atoms with Gasteiger partial charge in [0.2, 0.25) is 0 Å². The Morgan fingerprint density at radius 3 is 2.58 bits per heavy atom. The molecule has 0 saturated carbocycles. The first-order valence-corrected chi connectivity index (χ1v) is 9.48. The smallest absolute Gasteiger partial charge is 0.416 e. The van der Waals surface area contributed by atoms with E-state index in [0.717, 1.165) is 23.5 Å². The molecule has 0 radical (unpaired) electrons. The number of pyridine rings is 1. The standard InChI is InChI=1S/C23H18F3N3O2/c24-23(25,26)18-9-7-16(8-10-18)13-27-22(30)17-4-3-5-20(12-17)31-15-19-14-29-11-2-1-6-21(29)28-19/h1-12,14H,13,15H2,(H,27,30). The van der Waals surface area contributed by atoms with Crippen molar-refractivity contribution in [3.63, 3.8) is 0 Å². The molecule has 0 fully saturated rings. The van der Waals surface area contributed by atoms with E-state index in [2.05, 4.69) is 10.3 Å². The predicted octanol–water partition coefficient (Wildman–Crippen LogP) is 4.86. The Morgan fingerprint density at radius 2 is 1.84 bits per heavy atom. The highest BCUT2D eigenvalue weighted by atomic mass is 19.4. The minimum atomic E-state index is -4.38. The maximum Gasteiger partial charge on any atom is 0.416 e. The molecule has 4 aromatic rings. The molecular weight excluding hydrogens is 407 g/mol. The summed E-state index contributed by atoms with van der Waals surface area (Å²) in [6, 6.07) is 17.1. The molecule has 158 valence electrons. The van der Waals surface area contributed by atoms with Gasteiger partial charge in [-0.05, 0) is 48.0 Å². The van der Waals surface area contributed by atoms with Crippen molar-refractivity contribution in [3.05, 3.63) is 102 Å². The summed E-state index contributed by atoms with van der Waals surface area (Å²) in [5.74, 6) is 0.164. The van der Waals surface area contributed by atoms with E-state index in [-0.39, 0.29) is 19.1 Å². The maximum atomic E-state index is 12.6. The number of hydrogen-bond donors (Lipinski definition) is 1. The topological polar surface area (TPSA) is 55.6 Å². The second-order valence-corrected chi connectivity index (χ2v) is 6.89. The zero-order valence-electron chi connectivity index (χ0n) is 16.3. The van der Waals surface area contributed by atoms with Crippen LogP contribution in [0.25, 0.3) is 5.65 Å². The number of fused-ring (bicyclic) bond motifs is 1. The summed E-state index contributed by atoms with van der Waals surface area (Å²) < 4.78 is 45.5. The van der Waals surface area contributed by atoms with Crippen molar-refractivity contribution in [1.29, 1.82) is 0 Å². The van der Waals surface area contributed by atoms with Crippen LogP contribution in [0.5, 0.6) is 5.75 Å². The molecule has 1 amide bonds. The number of rotatable bonds is 6. The van der Waals surface area contributed by atoms with Gasteiger partial charge in [-0.25, -0.2) is 4.98 Å². The minimum absolute atomic E-state index is 0.114. The number of aromatic nitrogens is 2. The molecule has 0 aliphatic carbocycles. The van der Waals surface area contributed by atoms with Gasteiger partial charge in [-0.1, -0.05) is 24.3 Å². The molecule has 0 aliphatic heterocycles. The third-order valence-electron chi connectivity index (χ3n) is 4.63. The number of carbonyl (C=O) groups is 1. The van der Waals surface area contributed by atoms with Crippen LogP contribution < -0.4 is 10.1 Å². The van der Waals surface area contributed by atoms with Crippen LogP contribution in [0.2, 0.25) is 0 Å². The van der Waals surface area contributed by atoms with Gasteiger partial charge in [0.25, 0.3) is 5.91 Å². The van der Waals surface area contributed by atoms with E-state index in [4.69, 9.17) is 4.74 Å². The summed E-state index contributed by atoms with van der Waals surface area (Å²) in [5, 5.41) is 2.70. The van der Waals surface area contributed by atoms with Crippen LogP contribution >= 0.6 is 0 Å². The first-order chi connectivity index (χ1) is 14.9. The lowest BCUT2D eigenvalue weighted by molar-refractivity contribution is -0.137. The normalized spacial score (nSPS) is 11.5. The van der Waals surface area contributed by atoms with Crippen LogP contribution in [-0.2, 0) is 19.3 Å². The molecule has 0 bridgehead atoms. The molecule has 0 aliphatic rings. The number of carbonyl (C=O) groups excluding carboxylic acids is 1. The highest BCUT2D eigenvalue weighted by molar-refractivity contribution is 5.94. The van der Waals surface area contributed by atoms with E-state index >= 15 is 0 Å². The van der Waals surface area contributed by atoms with E-state index in [1.807, 2.05) is 35.0 Å². The van der Waals surface area contributed by atoms with Crippen LogP contribution in [0.4, 0.5) is 13.2 Å². The Morgan fingerprint density at radius 1 is 1.03 bits per heavy atom. The van der Waals surface area contributed by atoms with E-state index in [1.54, 1.807) is 24.3 Å². The third-order valence-corrected chi connectivity index (χ3v) is 4.63. The molecule has 0 saturated heterocycles. The number of imidazole rings is 1. The quantitative estimate of drug-likeness (QED) is 0.480. The van der Waals surface area contributed by atoms with Crippen LogP contribution in [-0.4, -0.2) is 15.3 Å². The van der Waals surface area contributed by atoms with Gasteiger partial charge in [0.1, 0.15) is 18.0 Å². The van der Waals surface area contributed by atoms with Crippen LogP contribution in [0.3, 0.4) is 0 Å². The molecule has 2 aromatic heterocycles. The second kappa shape index (κ2) is 8.51. The lowest BCUT2D eigenvalue weighted by atomic mass is 10.1.